The lowest BCUT2D eigenvalue weighted by molar-refractivity contribution is 0.0992. The molecule has 0 spiro atoms. The number of nitrogens with one attached hydrogen (secondary N) is 2. The Labute approximate surface area is 180 Å². The zero-order valence-electron chi connectivity index (χ0n) is 16.6. The molecule has 2 heterocycles. The molecule has 0 radical (unpaired) electrons. The maximum atomic E-state index is 5.93. The number of ether oxygens (including phenoxy) is 2. The Balaban J connectivity index is 0.00000261. The number of benzene rings is 1. The van der Waals surface area contributed by atoms with Crippen LogP contribution in [-0.2, 0) is 11.2 Å². The van der Waals surface area contributed by atoms with E-state index in [0.717, 1.165) is 57.1 Å². The van der Waals surface area contributed by atoms with Crippen LogP contribution >= 0.6 is 24.0 Å². The maximum Gasteiger partial charge on any atom is 0.191 e. The highest BCUT2D eigenvalue weighted by Gasteiger charge is 2.41. The minimum Gasteiger partial charge on any atom is -0.494 e. The molecule has 5 nitrogen and oxygen atoms in total. The third-order valence-electron chi connectivity index (χ3n) is 5.13. The quantitative estimate of drug-likeness (QED) is 0.240. The summed E-state index contributed by atoms with van der Waals surface area (Å²) in [4.78, 5) is 4.75. The first kappa shape index (κ1) is 22.3. The zero-order chi connectivity index (χ0) is 18.2. The van der Waals surface area contributed by atoms with E-state index in [2.05, 4.69) is 48.7 Å². The lowest BCUT2D eigenvalue weighted by atomic mass is 9.96. The summed E-state index contributed by atoms with van der Waals surface area (Å²) in [5.41, 5.74) is 1.29. The molecule has 3 unspecified atom stereocenters. The van der Waals surface area contributed by atoms with Crippen molar-refractivity contribution in [3.05, 3.63) is 29.8 Å². The number of nitrogens with zero attached hydrogens (tertiary/aromatic N) is 1. The van der Waals surface area contributed by atoms with Gasteiger partial charge in [-0.1, -0.05) is 25.5 Å². The second kappa shape index (κ2) is 11.7. The molecule has 0 saturated carbocycles. The highest BCUT2D eigenvalue weighted by molar-refractivity contribution is 14.0. The number of rotatable bonds is 9. The number of guanidine groups is 1. The smallest absolute Gasteiger partial charge is 0.191 e. The topological polar surface area (TPSA) is 54.9 Å². The van der Waals surface area contributed by atoms with E-state index in [1.165, 1.54) is 18.4 Å². The standard InChI is InChI=1S/C21H33N3O2.HI/c1-3-5-14-25-17-8-6-16(7-9-17)12-13-23-21(22-4-2)24-19-15-18-10-11-20(19)26-18;/h6-9,18-20H,3-5,10-15H2,1-2H3,(H2,22,23,24);1H. The van der Waals surface area contributed by atoms with Gasteiger partial charge in [0.05, 0.1) is 24.9 Å². The molecule has 1 aromatic rings. The molecule has 2 aliphatic heterocycles. The van der Waals surface area contributed by atoms with Gasteiger partial charge in [0.25, 0.3) is 0 Å². The summed E-state index contributed by atoms with van der Waals surface area (Å²) in [5.74, 6) is 1.87. The third kappa shape index (κ3) is 6.82. The minimum atomic E-state index is 0. The predicted octanol–water partition coefficient (Wildman–Crippen LogP) is 3.90. The fourth-order valence-electron chi connectivity index (χ4n) is 3.67. The van der Waals surface area contributed by atoms with E-state index in [1.54, 1.807) is 0 Å². The molecule has 0 aromatic heterocycles. The van der Waals surface area contributed by atoms with Crippen LogP contribution in [0.25, 0.3) is 0 Å². The third-order valence-corrected chi connectivity index (χ3v) is 5.13. The van der Waals surface area contributed by atoms with Crippen LogP contribution in [0.4, 0.5) is 0 Å². The number of hydrogen-bond donors (Lipinski definition) is 2. The molecule has 3 atom stereocenters. The van der Waals surface area contributed by atoms with Gasteiger partial charge in [0.1, 0.15) is 5.75 Å². The van der Waals surface area contributed by atoms with Gasteiger partial charge in [-0.05, 0) is 56.7 Å². The van der Waals surface area contributed by atoms with Crippen LogP contribution in [-0.4, -0.2) is 43.9 Å². The SMILES string of the molecule is CCCCOc1ccc(CCN=C(NCC)NC2CC3CCC2O3)cc1.I. The number of hydrogen-bond acceptors (Lipinski definition) is 3. The summed E-state index contributed by atoms with van der Waals surface area (Å²) in [7, 11) is 0. The summed E-state index contributed by atoms with van der Waals surface area (Å²) < 4.78 is 11.6. The Morgan fingerprint density at radius 3 is 2.67 bits per heavy atom. The summed E-state index contributed by atoms with van der Waals surface area (Å²) in [6.45, 7) is 6.72. The molecule has 1 aromatic carbocycles. The van der Waals surface area contributed by atoms with Crippen molar-refractivity contribution < 1.29 is 9.47 Å². The van der Waals surface area contributed by atoms with Crippen molar-refractivity contribution in [3.8, 4) is 5.75 Å². The highest BCUT2D eigenvalue weighted by atomic mass is 127. The Kier molecular flexibility index (Phi) is 9.68. The van der Waals surface area contributed by atoms with Gasteiger partial charge < -0.3 is 20.1 Å². The summed E-state index contributed by atoms with van der Waals surface area (Å²) in [6, 6.07) is 8.81. The van der Waals surface area contributed by atoms with E-state index >= 15 is 0 Å². The Morgan fingerprint density at radius 1 is 1.22 bits per heavy atom. The zero-order valence-corrected chi connectivity index (χ0v) is 18.9. The first-order valence-corrected chi connectivity index (χ1v) is 10.2. The molecule has 0 aliphatic carbocycles. The average Bonchev–Trinajstić information content (AvgIpc) is 3.26. The van der Waals surface area contributed by atoms with Gasteiger partial charge >= 0.3 is 0 Å². The van der Waals surface area contributed by atoms with Crippen molar-refractivity contribution in [1.82, 2.24) is 10.6 Å². The van der Waals surface area contributed by atoms with Crippen molar-refractivity contribution >= 4 is 29.9 Å². The Bertz CT molecular complexity index is 579. The largest absolute Gasteiger partial charge is 0.494 e. The number of halogens is 1. The first-order chi connectivity index (χ1) is 12.8. The monoisotopic (exact) mass is 487 g/mol. The molecule has 27 heavy (non-hydrogen) atoms. The summed E-state index contributed by atoms with van der Waals surface area (Å²) in [6.07, 6.45) is 7.51. The minimum absolute atomic E-state index is 0. The van der Waals surface area contributed by atoms with E-state index in [1.807, 2.05) is 0 Å². The van der Waals surface area contributed by atoms with Crippen LogP contribution in [0.3, 0.4) is 0 Å². The van der Waals surface area contributed by atoms with Gasteiger partial charge in [-0.25, -0.2) is 0 Å². The van der Waals surface area contributed by atoms with E-state index < -0.39 is 0 Å². The van der Waals surface area contributed by atoms with Crippen molar-refractivity contribution in [1.29, 1.82) is 0 Å². The molecule has 2 bridgehead atoms. The van der Waals surface area contributed by atoms with Gasteiger partial charge in [0, 0.05) is 13.1 Å². The molecule has 2 saturated heterocycles. The maximum absolute atomic E-state index is 5.93. The van der Waals surface area contributed by atoms with Crippen LogP contribution in [0, 0.1) is 0 Å². The van der Waals surface area contributed by atoms with Crippen molar-refractivity contribution in [2.75, 3.05) is 19.7 Å². The van der Waals surface area contributed by atoms with Gasteiger partial charge in [-0.2, -0.15) is 0 Å². The fourth-order valence-corrected chi connectivity index (χ4v) is 3.67. The molecule has 2 aliphatic rings. The van der Waals surface area contributed by atoms with Crippen molar-refractivity contribution in [2.24, 2.45) is 4.99 Å². The lowest BCUT2D eigenvalue weighted by Crippen LogP contribution is -2.47. The number of aliphatic imine (C=N–C) groups is 1. The predicted molar refractivity (Wildman–Crippen MR) is 121 cm³/mol. The summed E-state index contributed by atoms with van der Waals surface area (Å²) in [5, 5.41) is 6.92. The highest BCUT2D eigenvalue weighted by Crippen LogP contribution is 2.34. The van der Waals surface area contributed by atoms with Crippen molar-refractivity contribution in [2.45, 2.75) is 70.6 Å². The molecular formula is C21H34IN3O2. The van der Waals surface area contributed by atoms with Crippen LogP contribution in [0.2, 0.25) is 0 Å². The van der Waals surface area contributed by atoms with E-state index in [4.69, 9.17) is 14.5 Å². The van der Waals surface area contributed by atoms with Gasteiger partial charge in [-0.15, -0.1) is 24.0 Å². The molecule has 0 amide bonds. The molecular weight excluding hydrogens is 453 g/mol. The van der Waals surface area contributed by atoms with Gasteiger partial charge in [0.15, 0.2) is 5.96 Å². The van der Waals surface area contributed by atoms with E-state index in [0.29, 0.717) is 18.2 Å². The lowest BCUT2D eigenvalue weighted by Gasteiger charge is -2.22. The molecule has 3 rings (SSSR count). The van der Waals surface area contributed by atoms with Crippen LogP contribution in [0.1, 0.15) is 51.5 Å². The van der Waals surface area contributed by atoms with E-state index in [9.17, 15) is 0 Å². The van der Waals surface area contributed by atoms with Gasteiger partial charge in [0.2, 0.25) is 0 Å². The number of unbranched alkanes of at least 4 members (excludes halogenated alkanes) is 1. The second-order valence-corrected chi connectivity index (χ2v) is 7.22. The molecule has 2 N–H and O–H groups in total. The van der Waals surface area contributed by atoms with Crippen LogP contribution in [0.5, 0.6) is 5.75 Å². The Morgan fingerprint density at radius 2 is 2.04 bits per heavy atom. The molecule has 6 heteroatoms. The van der Waals surface area contributed by atoms with Crippen molar-refractivity contribution in [3.63, 3.8) is 0 Å². The molecule has 152 valence electrons. The van der Waals surface area contributed by atoms with Gasteiger partial charge in [-0.3, -0.25) is 4.99 Å². The second-order valence-electron chi connectivity index (χ2n) is 7.22. The number of fused-ring (bicyclic) bond motifs is 2. The first-order valence-electron chi connectivity index (χ1n) is 10.2. The fraction of sp³-hybridized carbons (Fsp3) is 0.667. The molecule has 2 fully saturated rings. The Hall–Kier alpha value is -1.02. The summed E-state index contributed by atoms with van der Waals surface area (Å²) >= 11 is 0. The average molecular weight is 487 g/mol. The normalized spacial score (nSPS) is 23.8. The van der Waals surface area contributed by atoms with Crippen LogP contribution < -0.4 is 15.4 Å². The van der Waals surface area contributed by atoms with Crippen LogP contribution in [0.15, 0.2) is 29.3 Å². The van der Waals surface area contributed by atoms with E-state index in [-0.39, 0.29) is 24.0 Å².